The van der Waals surface area contributed by atoms with Crippen molar-refractivity contribution in [2.45, 2.75) is 71.6 Å². The smallest absolute Gasteiger partial charge is 0.377 e. The lowest BCUT2D eigenvalue weighted by Gasteiger charge is -2.31. The van der Waals surface area contributed by atoms with Gasteiger partial charge in [-0.2, -0.15) is 0 Å². The first kappa shape index (κ1) is 21.2. The van der Waals surface area contributed by atoms with E-state index >= 15 is 0 Å². The first-order chi connectivity index (χ1) is 11.3. The van der Waals surface area contributed by atoms with Crippen molar-refractivity contribution in [3.05, 3.63) is 35.4 Å². The van der Waals surface area contributed by atoms with E-state index < -0.39 is 20.4 Å². The van der Waals surface area contributed by atoms with Gasteiger partial charge in [-0.3, -0.25) is 0 Å². The summed E-state index contributed by atoms with van der Waals surface area (Å²) in [4.78, 5) is 0. The Morgan fingerprint density at radius 2 is 1.54 bits per heavy atom. The van der Waals surface area contributed by atoms with Gasteiger partial charge >= 0.3 is 8.80 Å². The van der Waals surface area contributed by atoms with Crippen molar-refractivity contribution in [2.75, 3.05) is 7.11 Å². The Balaban J connectivity index is 2.45. The van der Waals surface area contributed by atoms with Crippen molar-refractivity contribution >= 4 is 8.80 Å². The molecule has 1 aromatic rings. The standard InChI is InChI=1S/C18H30F2O3Si/c1-14(2)22-24(21-5,23-15(3)4)12-8-6-7-9-16-10-11-17(19)18(20)13-16/h10-11,13-15H,6-9,12H2,1-5H3. The van der Waals surface area contributed by atoms with E-state index in [1.54, 1.807) is 13.2 Å². The first-order valence-electron chi connectivity index (χ1n) is 8.62. The Bertz CT molecular complexity index is 485. The second-order valence-corrected chi connectivity index (χ2v) is 9.28. The van der Waals surface area contributed by atoms with Gasteiger partial charge in [0.2, 0.25) is 0 Å². The van der Waals surface area contributed by atoms with Crippen LogP contribution in [0.25, 0.3) is 0 Å². The first-order valence-corrected chi connectivity index (χ1v) is 10.6. The summed E-state index contributed by atoms with van der Waals surface area (Å²) < 4.78 is 43.7. The molecule has 0 heterocycles. The predicted octanol–water partition coefficient (Wildman–Crippen LogP) is 5.11. The van der Waals surface area contributed by atoms with Gasteiger partial charge in [0.1, 0.15) is 0 Å². The van der Waals surface area contributed by atoms with E-state index in [-0.39, 0.29) is 12.2 Å². The number of halogens is 2. The van der Waals surface area contributed by atoms with Crippen LogP contribution >= 0.6 is 0 Å². The fourth-order valence-electron chi connectivity index (χ4n) is 2.60. The molecule has 0 unspecified atom stereocenters. The molecule has 0 radical (unpaired) electrons. The van der Waals surface area contributed by atoms with E-state index in [1.165, 1.54) is 12.1 Å². The second-order valence-electron chi connectivity index (χ2n) is 6.53. The quantitative estimate of drug-likeness (QED) is 0.405. The summed E-state index contributed by atoms with van der Waals surface area (Å²) in [5, 5.41) is 0. The van der Waals surface area contributed by atoms with Crippen LogP contribution in [0.5, 0.6) is 0 Å². The molecule has 0 aromatic heterocycles. The average Bonchev–Trinajstić information content (AvgIpc) is 2.49. The minimum absolute atomic E-state index is 0.0533. The second kappa shape index (κ2) is 10.2. The van der Waals surface area contributed by atoms with E-state index in [0.717, 1.165) is 37.3 Å². The Hall–Kier alpha value is -0.823. The van der Waals surface area contributed by atoms with Crippen molar-refractivity contribution in [3.63, 3.8) is 0 Å². The van der Waals surface area contributed by atoms with Gasteiger partial charge in [-0.1, -0.05) is 12.5 Å². The van der Waals surface area contributed by atoms with Gasteiger partial charge in [0.15, 0.2) is 11.6 Å². The molecule has 1 rings (SSSR count). The minimum Gasteiger partial charge on any atom is -0.377 e. The highest BCUT2D eigenvalue weighted by Gasteiger charge is 2.41. The number of rotatable bonds is 11. The van der Waals surface area contributed by atoms with Crippen molar-refractivity contribution in [3.8, 4) is 0 Å². The molecule has 24 heavy (non-hydrogen) atoms. The largest absolute Gasteiger partial charge is 0.501 e. The Labute approximate surface area is 145 Å². The molecule has 138 valence electrons. The lowest BCUT2D eigenvalue weighted by atomic mass is 10.1. The van der Waals surface area contributed by atoms with Gasteiger partial charge < -0.3 is 13.3 Å². The number of unbranched alkanes of at least 4 members (excludes halogenated alkanes) is 2. The molecule has 0 saturated carbocycles. The van der Waals surface area contributed by atoms with Crippen LogP contribution in [-0.2, 0) is 19.7 Å². The molecule has 0 saturated heterocycles. The monoisotopic (exact) mass is 360 g/mol. The molecule has 0 aliphatic carbocycles. The van der Waals surface area contributed by atoms with Crippen LogP contribution in [0.1, 0.15) is 52.5 Å². The van der Waals surface area contributed by atoms with Gasteiger partial charge in [0, 0.05) is 25.4 Å². The van der Waals surface area contributed by atoms with Crippen LogP contribution < -0.4 is 0 Å². The Kier molecular flexibility index (Phi) is 9.05. The van der Waals surface area contributed by atoms with E-state index in [2.05, 4.69) is 0 Å². The zero-order valence-electron chi connectivity index (χ0n) is 15.4. The molecule has 0 bridgehead atoms. The van der Waals surface area contributed by atoms with Gasteiger partial charge in [-0.15, -0.1) is 0 Å². The van der Waals surface area contributed by atoms with Crippen LogP contribution in [0.2, 0.25) is 6.04 Å². The van der Waals surface area contributed by atoms with E-state index in [9.17, 15) is 8.78 Å². The minimum atomic E-state index is -2.65. The topological polar surface area (TPSA) is 27.7 Å². The summed E-state index contributed by atoms with van der Waals surface area (Å²) >= 11 is 0. The molecule has 0 aliphatic heterocycles. The van der Waals surface area contributed by atoms with Crippen molar-refractivity contribution in [1.82, 2.24) is 0 Å². The zero-order valence-corrected chi connectivity index (χ0v) is 16.4. The SMILES string of the molecule is CO[Si](CCCCCc1ccc(F)c(F)c1)(OC(C)C)OC(C)C. The highest BCUT2D eigenvalue weighted by Crippen LogP contribution is 2.23. The number of hydrogen-bond donors (Lipinski definition) is 0. The van der Waals surface area contributed by atoms with Crippen LogP contribution in [-0.4, -0.2) is 28.1 Å². The molecule has 1 aromatic carbocycles. The molecular weight excluding hydrogens is 330 g/mol. The lowest BCUT2D eigenvalue weighted by Crippen LogP contribution is -2.48. The van der Waals surface area contributed by atoms with Crippen LogP contribution in [0.15, 0.2) is 18.2 Å². The number of hydrogen-bond acceptors (Lipinski definition) is 3. The fraction of sp³-hybridized carbons (Fsp3) is 0.667. The summed E-state index contributed by atoms with van der Waals surface area (Å²) in [6, 6.07) is 4.85. The summed E-state index contributed by atoms with van der Waals surface area (Å²) in [7, 11) is -1.000. The molecular formula is C18H30F2O3Si. The third kappa shape index (κ3) is 7.38. The average molecular weight is 361 g/mol. The summed E-state index contributed by atoms with van der Waals surface area (Å²) in [6.07, 6.45) is 3.62. The van der Waals surface area contributed by atoms with Crippen molar-refractivity contribution < 1.29 is 22.1 Å². The molecule has 0 aliphatic rings. The molecule has 6 heteroatoms. The predicted molar refractivity (Wildman–Crippen MR) is 93.9 cm³/mol. The highest BCUT2D eigenvalue weighted by molar-refractivity contribution is 6.60. The maximum absolute atomic E-state index is 13.2. The summed E-state index contributed by atoms with van der Waals surface area (Å²) in [6.45, 7) is 7.92. The van der Waals surface area contributed by atoms with Crippen molar-refractivity contribution in [2.24, 2.45) is 0 Å². The maximum Gasteiger partial charge on any atom is 0.501 e. The van der Waals surface area contributed by atoms with E-state index in [4.69, 9.17) is 13.3 Å². The summed E-state index contributed by atoms with van der Waals surface area (Å²) in [5.74, 6) is -1.58. The van der Waals surface area contributed by atoms with Crippen LogP contribution in [0, 0.1) is 11.6 Å². The normalized spacial score (nSPS) is 12.4. The number of benzene rings is 1. The fourth-order valence-corrected chi connectivity index (χ4v) is 5.41. The lowest BCUT2D eigenvalue weighted by molar-refractivity contribution is 0.0323. The van der Waals surface area contributed by atoms with Crippen molar-refractivity contribution in [1.29, 1.82) is 0 Å². The molecule has 0 fully saturated rings. The zero-order chi connectivity index (χ0) is 18.2. The molecule has 3 nitrogen and oxygen atoms in total. The summed E-state index contributed by atoms with van der Waals surface area (Å²) in [5.41, 5.74) is 0.820. The van der Waals surface area contributed by atoms with E-state index in [1.807, 2.05) is 27.7 Å². The maximum atomic E-state index is 13.2. The highest BCUT2D eigenvalue weighted by atomic mass is 28.4. The van der Waals surface area contributed by atoms with Crippen LogP contribution in [0.3, 0.4) is 0 Å². The third-order valence-corrected chi connectivity index (χ3v) is 6.82. The van der Waals surface area contributed by atoms with Gasteiger partial charge in [-0.25, -0.2) is 8.78 Å². The Morgan fingerprint density at radius 3 is 2.04 bits per heavy atom. The number of aryl methyl sites for hydroxylation is 1. The molecule has 0 N–H and O–H groups in total. The molecule has 0 amide bonds. The molecule has 0 spiro atoms. The Morgan fingerprint density at radius 1 is 0.917 bits per heavy atom. The van der Waals surface area contributed by atoms with E-state index in [0.29, 0.717) is 0 Å². The third-order valence-electron chi connectivity index (χ3n) is 3.57. The van der Waals surface area contributed by atoms with Gasteiger partial charge in [0.05, 0.1) is 0 Å². The van der Waals surface area contributed by atoms with Crippen LogP contribution in [0.4, 0.5) is 8.78 Å². The molecule has 0 atom stereocenters. The van der Waals surface area contributed by atoms with Gasteiger partial charge in [0.25, 0.3) is 0 Å². The van der Waals surface area contributed by atoms with Gasteiger partial charge in [-0.05, 0) is 64.7 Å².